The van der Waals surface area contributed by atoms with E-state index in [4.69, 9.17) is 18.6 Å². The van der Waals surface area contributed by atoms with Crippen LogP contribution in [0.3, 0.4) is 0 Å². The molecule has 0 fully saturated rings. The Bertz CT molecular complexity index is 981. The van der Waals surface area contributed by atoms with Gasteiger partial charge in [-0.3, -0.25) is 0 Å². The third kappa shape index (κ3) is 5.27. The molecule has 0 saturated heterocycles. The summed E-state index contributed by atoms with van der Waals surface area (Å²) >= 11 is 0. The smallest absolute Gasteiger partial charge is 0.335 e. The Kier molecular flexibility index (Phi) is 7.25. The van der Waals surface area contributed by atoms with Crippen molar-refractivity contribution in [2.45, 2.75) is 39.9 Å². The lowest BCUT2D eigenvalue weighted by atomic mass is 10.0. The molecule has 6 nitrogen and oxygen atoms in total. The summed E-state index contributed by atoms with van der Waals surface area (Å²) in [5.41, 5.74) is 3.72. The predicted molar refractivity (Wildman–Crippen MR) is 113 cm³/mol. The minimum Gasteiger partial charge on any atom is -0.487 e. The van der Waals surface area contributed by atoms with Crippen LogP contribution in [0, 0.1) is 13.8 Å². The highest BCUT2D eigenvalue weighted by molar-refractivity contribution is 5.75. The zero-order valence-corrected chi connectivity index (χ0v) is 17.8. The van der Waals surface area contributed by atoms with E-state index in [1.54, 1.807) is 0 Å². The monoisotopic (exact) mass is 409 g/mol. The minimum atomic E-state index is -0.611. The number of esters is 1. The Morgan fingerprint density at radius 2 is 1.90 bits per heavy atom. The van der Waals surface area contributed by atoms with Crippen molar-refractivity contribution in [3.63, 3.8) is 0 Å². The molecule has 1 heterocycles. The molecule has 0 amide bonds. The van der Waals surface area contributed by atoms with E-state index in [-0.39, 0.29) is 5.97 Å². The van der Waals surface area contributed by atoms with Gasteiger partial charge in [-0.1, -0.05) is 24.3 Å². The molecular weight excluding hydrogens is 382 g/mol. The fourth-order valence-electron chi connectivity index (χ4n) is 3.15. The Morgan fingerprint density at radius 1 is 1.13 bits per heavy atom. The van der Waals surface area contributed by atoms with Gasteiger partial charge in [0.25, 0.3) is 0 Å². The number of ether oxygens (including phenoxy) is 3. The second-order valence-electron chi connectivity index (χ2n) is 6.94. The van der Waals surface area contributed by atoms with Crippen molar-refractivity contribution in [3.8, 4) is 17.2 Å². The molecule has 0 N–H and O–H groups in total. The van der Waals surface area contributed by atoms with Gasteiger partial charge in [0.05, 0.1) is 7.11 Å². The van der Waals surface area contributed by atoms with Crippen molar-refractivity contribution in [2.75, 3.05) is 13.7 Å². The van der Waals surface area contributed by atoms with Gasteiger partial charge < -0.3 is 18.6 Å². The second-order valence-corrected chi connectivity index (χ2v) is 6.94. The summed E-state index contributed by atoms with van der Waals surface area (Å²) < 4.78 is 22.1. The van der Waals surface area contributed by atoms with Crippen molar-refractivity contribution in [3.05, 3.63) is 71.1 Å². The quantitative estimate of drug-likeness (QED) is 0.479. The SMILES string of the molecule is CCOC(Cc1ccc(OCc2nc(-c3ccccc3)oc2C)cc1C)C(=O)OC. The first kappa shape index (κ1) is 21.6. The molecule has 0 aliphatic rings. The van der Waals surface area contributed by atoms with Crippen LogP contribution in [0.4, 0.5) is 0 Å². The number of rotatable bonds is 9. The molecule has 0 radical (unpaired) electrons. The predicted octanol–water partition coefficient (Wildman–Crippen LogP) is 4.66. The van der Waals surface area contributed by atoms with Crippen LogP contribution in [0.1, 0.15) is 29.5 Å². The van der Waals surface area contributed by atoms with Crippen LogP contribution in [0.2, 0.25) is 0 Å². The van der Waals surface area contributed by atoms with E-state index in [1.165, 1.54) is 7.11 Å². The summed E-state index contributed by atoms with van der Waals surface area (Å²) in [5.74, 6) is 1.68. The maximum atomic E-state index is 11.9. The molecule has 6 heteroatoms. The second kappa shape index (κ2) is 10.1. The topological polar surface area (TPSA) is 70.8 Å². The fourth-order valence-corrected chi connectivity index (χ4v) is 3.15. The van der Waals surface area contributed by atoms with E-state index in [1.807, 2.05) is 69.3 Å². The number of hydrogen-bond donors (Lipinski definition) is 0. The maximum Gasteiger partial charge on any atom is 0.335 e. The zero-order valence-electron chi connectivity index (χ0n) is 17.8. The maximum absolute atomic E-state index is 11.9. The number of aryl methyl sites for hydroxylation is 2. The highest BCUT2D eigenvalue weighted by Crippen LogP contribution is 2.24. The van der Waals surface area contributed by atoms with Crippen LogP contribution in [-0.2, 0) is 27.3 Å². The molecule has 1 atom stereocenters. The number of carbonyl (C=O) groups is 1. The number of nitrogens with zero attached hydrogens (tertiary/aromatic N) is 1. The summed E-state index contributed by atoms with van der Waals surface area (Å²) in [4.78, 5) is 16.5. The molecule has 0 aliphatic carbocycles. The molecule has 0 saturated carbocycles. The van der Waals surface area contributed by atoms with Crippen LogP contribution < -0.4 is 4.74 Å². The van der Waals surface area contributed by atoms with Gasteiger partial charge in [0.1, 0.15) is 23.8 Å². The van der Waals surface area contributed by atoms with E-state index in [0.717, 1.165) is 33.9 Å². The molecule has 0 aliphatic heterocycles. The molecule has 30 heavy (non-hydrogen) atoms. The molecule has 1 unspecified atom stereocenters. The first-order valence-corrected chi connectivity index (χ1v) is 9.95. The highest BCUT2D eigenvalue weighted by atomic mass is 16.6. The van der Waals surface area contributed by atoms with Gasteiger partial charge in [-0.15, -0.1) is 0 Å². The Morgan fingerprint density at radius 3 is 2.57 bits per heavy atom. The standard InChI is InChI=1S/C24H27NO5/c1-5-28-22(24(26)27-4)14-19-11-12-20(13-16(19)2)29-15-21-17(3)30-23(25-21)18-9-7-6-8-10-18/h6-13,22H,5,14-15H2,1-4H3. The van der Waals surface area contributed by atoms with Crippen molar-refractivity contribution < 1.29 is 23.4 Å². The van der Waals surface area contributed by atoms with E-state index in [9.17, 15) is 4.79 Å². The molecule has 158 valence electrons. The van der Waals surface area contributed by atoms with Crippen molar-refractivity contribution >= 4 is 5.97 Å². The van der Waals surface area contributed by atoms with Gasteiger partial charge >= 0.3 is 5.97 Å². The zero-order chi connectivity index (χ0) is 21.5. The van der Waals surface area contributed by atoms with E-state index in [0.29, 0.717) is 25.5 Å². The Hall–Kier alpha value is -3.12. The lowest BCUT2D eigenvalue weighted by molar-refractivity contribution is -0.153. The molecule has 3 aromatic rings. The summed E-state index contributed by atoms with van der Waals surface area (Å²) in [6, 6.07) is 15.6. The molecule has 3 rings (SSSR count). The number of hydrogen-bond acceptors (Lipinski definition) is 6. The highest BCUT2D eigenvalue weighted by Gasteiger charge is 2.21. The third-order valence-corrected chi connectivity index (χ3v) is 4.84. The third-order valence-electron chi connectivity index (χ3n) is 4.84. The number of aromatic nitrogens is 1. The van der Waals surface area contributed by atoms with Gasteiger partial charge in [-0.25, -0.2) is 9.78 Å². The van der Waals surface area contributed by atoms with Gasteiger partial charge in [0.15, 0.2) is 6.10 Å². The van der Waals surface area contributed by atoms with Crippen LogP contribution in [-0.4, -0.2) is 30.8 Å². The van der Waals surface area contributed by atoms with Gasteiger partial charge in [0, 0.05) is 18.6 Å². The summed E-state index contributed by atoms with van der Waals surface area (Å²) in [6.45, 7) is 6.48. The summed E-state index contributed by atoms with van der Waals surface area (Å²) in [7, 11) is 1.37. The van der Waals surface area contributed by atoms with E-state index < -0.39 is 6.10 Å². The first-order chi connectivity index (χ1) is 14.5. The van der Waals surface area contributed by atoms with E-state index in [2.05, 4.69) is 4.98 Å². The summed E-state index contributed by atoms with van der Waals surface area (Å²) in [6.07, 6.45) is -0.158. The molecular formula is C24H27NO5. The average Bonchev–Trinajstić information content (AvgIpc) is 3.14. The molecule has 0 bridgehead atoms. The molecule has 2 aromatic carbocycles. The normalized spacial score (nSPS) is 11.9. The first-order valence-electron chi connectivity index (χ1n) is 9.95. The fraction of sp³-hybridized carbons (Fsp3) is 0.333. The van der Waals surface area contributed by atoms with Crippen LogP contribution in [0.15, 0.2) is 52.9 Å². The van der Waals surface area contributed by atoms with Gasteiger partial charge in [-0.2, -0.15) is 0 Å². The lowest BCUT2D eigenvalue weighted by Gasteiger charge is -2.16. The number of carbonyl (C=O) groups excluding carboxylic acids is 1. The largest absolute Gasteiger partial charge is 0.487 e. The van der Waals surface area contributed by atoms with Gasteiger partial charge in [-0.05, 0) is 56.2 Å². The van der Waals surface area contributed by atoms with Crippen LogP contribution in [0.25, 0.3) is 11.5 Å². The van der Waals surface area contributed by atoms with Crippen LogP contribution in [0.5, 0.6) is 5.75 Å². The Labute approximate surface area is 176 Å². The average molecular weight is 409 g/mol. The molecule has 0 spiro atoms. The minimum absolute atomic E-state index is 0.310. The van der Waals surface area contributed by atoms with E-state index >= 15 is 0 Å². The van der Waals surface area contributed by atoms with Gasteiger partial charge in [0.2, 0.25) is 5.89 Å². The summed E-state index contributed by atoms with van der Waals surface area (Å²) in [5, 5.41) is 0. The van der Waals surface area contributed by atoms with Crippen molar-refractivity contribution in [1.29, 1.82) is 0 Å². The molecule has 1 aromatic heterocycles. The van der Waals surface area contributed by atoms with Crippen LogP contribution >= 0.6 is 0 Å². The Balaban J connectivity index is 1.66. The number of methoxy groups -OCH3 is 1. The number of benzene rings is 2. The van der Waals surface area contributed by atoms with Crippen molar-refractivity contribution in [2.24, 2.45) is 0 Å². The van der Waals surface area contributed by atoms with Crippen molar-refractivity contribution in [1.82, 2.24) is 4.98 Å². The lowest BCUT2D eigenvalue weighted by Crippen LogP contribution is -2.28. The number of oxazole rings is 1.